The highest BCUT2D eigenvalue weighted by molar-refractivity contribution is 5.77. The number of carboxylic acids is 1. The molecule has 3 fully saturated rings. The van der Waals surface area contributed by atoms with Crippen LogP contribution in [0.15, 0.2) is 12.2 Å². The fourth-order valence-electron chi connectivity index (χ4n) is 12.5. The van der Waals surface area contributed by atoms with Gasteiger partial charge in [0.1, 0.15) is 67.1 Å². The monoisotopic (exact) mass is 1310 g/mol. The number of aliphatic hydroxyl groups excluding tert-OH is 11. The van der Waals surface area contributed by atoms with Crippen molar-refractivity contribution in [3.8, 4) is 0 Å². The van der Waals surface area contributed by atoms with Gasteiger partial charge >= 0.3 is 5.97 Å². The maximum absolute atomic E-state index is 13.4. The number of carboxylic acid groups (broad SMARTS) is 1. The third-order valence-corrected chi connectivity index (χ3v) is 18.2. The quantitative estimate of drug-likeness (QED) is 0.0223. The highest BCUT2D eigenvalue weighted by Crippen LogP contribution is 2.39. The third-order valence-electron chi connectivity index (χ3n) is 18.2. The van der Waals surface area contributed by atoms with Crippen LogP contribution >= 0.6 is 0 Å². The predicted octanol–water partition coefficient (Wildman–Crippen LogP) is 6.68. The van der Waals surface area contributed by atoms with Crippen LogP contribution in [-0.2, 0) is 42.8 Å². The summed E-state index contributed by atoms with van der Waals surface area (Å²) in [4.78, 5) is 38.5. The molecule has 0 bridgehead atoms. The summed E-state index contributed by atoms with van der Waals surface area (Å²) in [6.45, 7) is 2.15. The summed E-state index contributed by atoms with van der Waals surface area (Å²) in [5.41, 5.74) is 0. The van der Waals surface area contributed by atoms with Gasteiger partial charge in [0.15, 0.2) is 12.6 Å². The number of ether oxygens (including phenoxy) is 6. The van der Waals surface area contributed by atoms with Gasteiger partial charge in [-0.25, -0.2) is 4.79 Å². The summed E-state index contributed by atoms with van der Waals surface area (Å²) in [5, 5.41) is 136. The average Bonchev–Trinajstić information content (AvgIpc) is 0.787. The first kappa shape index (κ1) is 82.7. The fourth-order valence-corrected chi connectivity index (χ4v) is 12.5. The van der Waals surface area contributed by atoms with Crippen LogP contribution in [0.5, 0.6) is 0 Å². The maximum atomic E-state index is 13.4. The van der Waals surface area contributed by atoms with Gasteiger partial charge in [-0.3, -0.25) is 9.59 Å². The van der Waals surface area contributed by atoms with Crippen molar-refractivity contribution in [2.24, 2.45) is 0 Å². The van der Waals surface area contributed by atoms with E-state index in [0.717, 1.165) is 51.9 Å². The Labute approximate surface area is 543 Å². The van der Waals surface area contributed by atoms with Gasteiger partial charge in [0.2, 0.25) is 11.8 Å². The van der Waals surface area contributed by atoms with Crippen molar-refractivity contribution in [1.82, 2.24) is 10.6 Å². The summed E-state index contributed by atoms with van der Waals surface area (Å²) in [7, 11) is 0. The van der Waals surface area contributed by atoms with E-state index in [1.165, 1.54) is 173 Å². The van der Waals surface area contributed by atoms with Gasteiger partial charge in [-0.15, -0.1) is 0 Å². The lowest BCUT2D eigenvalue weighted by Gasteiger charge is -2.50. The molecule has 14 N–H and O–H groups in total. The smallest absolute Gasteiger partial charge is 0.364 e. The summed E-state index contributed by atoms with van der Waals surface area (Å²) in [6.07, 6.45) is 18.3. The molecule has 0 saturated carbocycles. The molecular formula is C68H126N2O21. The normalized spacial score (nSPS) is 28.4. The SMILES string of the molecule is CCCCCCCCCCCCCCCCCCCCCCCC/C=C/C(O)C(COC1OC(CO)C(OC2OC(CO)C(O)C(OC3(C(=O)O)CC(O)C(NC(C)=O)C(C(O)C(O)CO)O3)C2O)C(O)C1O)NC(=O)CCCCCCCCCCCCCCC. The van der Waals surface area contributed by atoms with Gasteiger partial charge in [0, 0.05) is 19.8 Å². The zero-order valence-corrected chi connectivity index (χ0v) is 55.7. The Hall–Kier alpha value is -2.53. The van der Waals surface area contributed by atoms with Crippen LogP contribution < -0.4 is 10.6 Å². The van der Waals surface area contributed by atoms with E-state index in [4.69, 9.17) is 28.4 Å². The Kier molecular flexibility index (Phi) is 44.6. The summed E-state index contributed by atoms with van der Waals surface area (Å²) < 4.78 is 34.8. The van der Waals surface area contributed by atoms with Gasteiger partial charge in [0.25, 0.3) is 5.79 Å². The number of aliphatic hydroxyl groups is 11. The lowest BCUT2D eigenvalue weighted by Crippen LogP contribution is -2.70. The van der Waals surface area contributed by atoms with E-state index in [1.54, 1.807) is 6.08 Å². The molecule has 3 heterocycles. The Morgan fingerprint density at radius 2 is 1.02 bits per heavy atom. The largest absolute Gasteiger partial charge is 0.477 e. The van der Waals surface area contributed by atoms with Crippen molar-refractivity contribution < 1.29 is 104 Å². The molecule has 0 aromatic carbocycles. The summed E-state index contributed by atoms with van der Waals surface area (Å²) in [5.74, 6) is -6.14. The van der Waals surface area contributed by atoms with E-state index in [1.807, 2.05) is 6.08 Å². The van der Waals surface area contributed by atoms with Crippen molar-refractivity contribution >= 4 is 17.8 Å². The van der Waals surface area contributed by atoms with Crippen LogP contribution in [0.4, 0.5) is 0 Å². The van der Waals surface area contributed by atoms with Crippen LogP contribution in [0.3, 0.4) is 0 Å². The number of carbonyl (C=O) groups excluding carboxylic acids is 2. The van der Waals surface area contributed by atoms with Crippen molar-refractivity contribution in [1.29, 1.82) is 0 Å². The van der Waals surface area contributed by atoms with Crippen molar-refractivity contribution in [3.05, 3.63) is 12.2 Å². The van der Waals surface area contributed by atoms with Gasteiger partial charge in [0.05, 0.1) is 50.7 Å². The van der Waals surface area contributed by atoms with E-state index in [2.05, 4.69) is 24.5 Å². The van der Waals surface area contributed by atoms with Gasteiger partial charge < -0.3 is 100 Å². The van der Waals surface area contributed by atoms with Crippen molar-refractivity contribution in [2.45, 2.75) is 375 Å². The number of amides is 2. The molecule has 3 saturated heterocycles. The number of nitrogens with one attached hydrogen (secondary N) is 2. The summed E-state index contributed by atoms with van der Waals surface area (Å²) in [6, 6.07) is -2.61. The third kappa shape index (κ3) is 31.5. The van der Waals surface area contributed by atoms with Crippen LogP contribution in [0.1, 0.15) is 265 Å². The number of carbonyl (C=O) groups is 3. The number of hydrogen-bond donors (Lipinski definition) is 14. The minimum atomic E-state index is -3.08. The number of allylic oxidation sites excluding steroid dienone is 1. The molecule has 3 rings (SSSR count). The molecule has 18 atom stereocenters. The van der Waals surface area contributed by atoms with Gasteiger partial charge in [-0.2, -0.15) is 0 Å². The van der Waals surface area contributed by atoms with Crippen LogP contribution in [0, 0.1) is 0 Å². The molecule has 23 nitrogen and oxygen atoms in total. The van der Waals surface area contributed by atoms with E-state index < -0.39 is 155 Å². The molecule has 0 aromatic rings. The molecule has 91 heavy (non-hydrogen) atoms. The first-order valence-corrected chi connectivity index (χ1v) is 35.6. The standard InChI is InChI=1S/C68H126N2O21/c1-4-6-8-10-12-14-16-18-19-20-21-22-23-24-25-26-27-28-30-31-33-35-37-39-41-50(75)49(70-55(78)42-40-38-36-34-32-29-17-15-13-11-9-7-5-2)47-86-65-60(82)59(81)62(54(46-73)88-65)89-66-61(83)64(58(80)53(45-72)87-66)91-68(67(84)85)43-51(76)56(69-48(3)74)63(90-68)57(79)52(77)44-71/h39,41,49-54,56-66,71-73,75-77,79-83H,4-38,40,42-47H2,1-3H3,(H,69,74)(H,70,78)(H,84,85)/b41-39+. The second kappa shape index (κ2) is 49.1. The molecule has 18 unspecified atom stereocenters. The Morgan fingerprint density at radius 3 is 1.46 bits per heavy atom. The minimum absolute atomic E-state index is 0.204. The zero-order chi connectivity index (χ0) is 66.8. The highest BCUT2D eigenvalue weighted by atomic mass is 16.8. The first-order valence-electron chi connectivity index (χ1n) is 35.6. The second-order valence-electron chi connectivity index (χ2n) is 26.1. The Balaban J connectivity index is 1.57. The molecule has 0 aliphatic carbocycles. The fraction of sp³-hybridized carbons (Fsp3) is 0.926. The average molecular weight is 1310 g/mol. The first-order chi connectivity index (χ1) is 43.9. The molecule has 2 amide bonds. The van der Waals surface area contributed by atoms with Gasteiger partial charge in [-0.05, 0) is 19.3 Å². The van der Waals surface area contributed by atoms with Crippen LogP contribution in [-0.4, -0.2) is 215 Å². The molecule has 3 aliphatic rings. The Morgan fingerprint density at radius 1 is 0.571 bits per heavy atom. The summed E-state index contributed by atoms with van der Waals surface area (Å²) >= 11 is 0. The lowest BCUT2D eigenvalue weighted by atomic mass is 9.88. The topological polar surface area (TPSA) is 373 Å². The number of rotatable bonds is 54. The van der Waals surface area contributed by atoms with E-state index >= 15 is 0 Å². The molecule has 23 heteroatoms. The van der Waals surface area contributed by atoms with Gasteiger partial charge in [-0.1, -0.05) is 238 Å². The Bertz CT molecular complexity index is 1890. The molecule has 534 valence electrons. The maximum Gasteiger partial charge on any atom is 0.364 e. The van der Waals surface area contributed by atoms with Crippen molar-refractivity contribution in [2.75, 3.05) is 26.4 Å². The predicted molar refractivity (Wildman–Crippen MR) is 343 cm³/mol. The minimum Gasteiger partial charge on any atom is -0.477 e. The molecular weight excluding hydrogens is 1180 g/mol. The zero-order valence-electron chi connectivity index (χ0n) is 55.7. The van der Waals surface area contributed by atoms with E-state index in [9.17, 15) is 75.7 Å². The molecule has 3 aliphatic heterocycles. The lowest BCUT2D eigenvalue weighted by molar-refractivity contribution is -0.386. The molecule has 0 spiro atoms. The van der Waals surface area contributed by atoms with Crippen LogP contribution in [0.25, 0.3) is 0 Å². The number of unbranched alkanes of at least 4 members (excludes halogenated alkanes) is 34. The highest BCUT2D eigenvalue weighted by Gasteiger charge is 2.60. The van der Waals surface area contributed by atoms with E-state index in [-0.39, 0.29) is 12.3 Å². The van der Waals surface area contributed by atoms with E-state index in [0.29, 0.717) is 12.8 Å². The molecule has 0 radical (unpaired) electrons. The number of aliphatic carboxylic acids is 1. The van der Waals surface area contributed by atoms with Crippen molar-refractivity contribution in [3.63, 3.8) is 0 Å². The second-order valence-corrected chi connectivity index (χ2v) is 26.1. The van der Waals surface area contributed by atoms with Crippen LogP contribution in [0.2, 0.25) is 0 Å². The number of hydrogen-bond acceptors (Lipinski definition) is 20. The molecule has 0 aromatic heterocycles.